The number of thioether (sulfide) groups is 1. The summed E-state index contributed by atoms with van der Waals surface area (Å²) in [6.07, 6.45) is 0. The van der Waals surface area contributed by atoms with Crippen molar-refractivity contribution < 1.29 is 9.53 Å². The minimum atomic E-state index is -0.590. The first-order chi connectivity index (χ1) is 16.1. The summed E-state index contributed by atoms with van der Waals surface area (Å²) in [6.45, 7) is 0. The van der Waals surface area contributed by atoms with Crippen LogP contribution in [0, 0.1) is 0 Å². The van der Waals surface area contributed by atoms with Crippen molar-refractivity contribution in [1.82, 2.24) is 30.4 Å². The maximum atomic E-state index is 12.9. The molecule has 1 aliphatic rings. The zero-order chi connectivity index (χ0) is 22.8. The number of anilines is 1. The van der Waals surface area contributed by atoms with Crippen LogP contribution in [-0.4, -0.2) is 49.2 Å². The van der Waals surface area contributed by atoms with Gasteiger partial charge in [-0.3, -0.25) is 0 Å². The number of rotatable bonds is 6. The van der Waals surface area contributed by atoms with E-state index in [-0.39, 0.29) is 0 Å². The van der Waals surface area contributed by atoms with Crippen LogP contribution in [0.3, 0.4) is 0 Å². The van der Waals surface area contributed by atoms with Gasteiger partial charge in [0.1, 0.15) is 11.0 Å². The predicted octanol–water partition coefficient (Wildman–Crippen LogP) is 4.08. The number of tetrazole rings is 1. The van der Waals surface area contributed by atoms with E-state index in [9.17, 15) is 4.79 Å². The van der Waals surface area contributed by atoms with Crippen LogP contribution in [0.5, 0.6) is 0 Å². The van der Waals surface area contributed by atoms with E-state index in [2.05, 4.69) is 31.0 Å². The molecule has 0 radical (unpaired) electrons. The minimum absolute atomic E-state index is 0.403. The van der Waals surface area contributed by atoms with Crippen LogP contribution >= 0.6 is 34.7 Å². The van der Waals surface area contributed by atoms with Gasteiger partial charge in [0, 0.05) is 22.0 Å². The molecule has 33 heavy (non-hydrogen) atoms. The fourth-order valence-corrected chi connectivity index (χ4v) is 5.51. The highest BCUT2D eigenvalue weighted by Gasteiger charge is 2.36. The number of halogens is 1. The third-order valence-electron chi connectivity index (χ3n) is 4.94. The van der Waals surface area contributed by atoms with Crippen LogP contribution < -0.4 is 5.32 Å². The molecule has 0 saturated carbocycles. The van der Waals surface area contributed by atoms with E-state index in [0.29, 0.717) is 28.0 Å². The van der Waals surface area contributed by atoms with Gasteiger partial charge in [-0.1, -0.05) is 82.3 Å². The Balaban J connectivity index is 1.49. The first-order valence-electron chi connectivity index (χ1n) is 9.77. The zero-order valence-electron chi connectivity index (χ0n) is 17.2. The molecule has 2 aromatic heterocycles. The third kappa shape index (κ3) is 4.34. The smallest absolute Gasteiger partial charge is 0.338 e. The van der Waals surface area contributed by atoms with Crippen LogP contribution in [0.2, 0.25) is 5.02 Å². The van der Waals surface area contributed by atoms with Crippen molar-refractivity contribution in [3.8, 4) is 10.6 Å². The highest BCUT2D eigenvalue weighted by molar-refractivity contribution is 8.01. The first-order valence-corrected chi connectivity index (χ1v) is 12.0. The Kier molecular flexibility index (Phi) is 6.07. The monoisotopic (exact) mass is 497 g/mol. The van der Waals surface area contributed by atoms with E-state index in [1.165, 1.54) is 30.2 Å². The quantitative estimate of drug-likeness (QED) is 0.311. The number of carbonyl (C=O) groups excluding carboxylic acids is 1. The fourth-order valence-electron chi connectivity index (χ4n) is 3.48. The Labute approximate surface area is 201 Å². The molecule has 4 aromatic rings. The van der Waals surface area contributed by atoms with E-state index < -0.39 is 12.0 Å². The van der Waals surface area contributed by atoms with Gasteiger partial charge in [0.05, 0.1) is 12.7 Å². The molecule has 0 fully saturated rings. The Morgan fingerprint density at radius 1 is 1.18 bits per heavy atom. The minimum Gasteiger partial charge on any atom is -0.466 e. The van der Waals surface area contributed by atoms with Gasteiger partial charge in [-0.25, -0.2) is 4.79 Å². The number of aromatic nitrogens is 6. The number of nitrogens with one attached hydrogen (secondary N) is 1. The van der Waals surface area contributed by atoms with Crippen LogP contribution in [-0.2, 0) is 9.53 Å². The lowest BCUT2D eigenvalue weighted by molar-refractivity contribution is -0.136. The van der Waals surface area contributed by atoms with E-state index in [0.717, 1.165) is 20.5 Å². The van der Waals surface area contributed by atoms with Gasteiger partial charge in [0.15, 0.2) is 4.34 Å². The average Bonchev–Trinajstić information content (AvgIpc) is 3.51. The lowest BCUT2D eigenvalue weighted by Crippen LogP contribution is -2.30. The van der Waals surface area contributed by atoms with Crippen molar-refractivity contribution in [3.63, 3.8) is 0 Å². The van der Waals surface area contributed by atoms with Crippen LogP contribution in [0.1, 0.15) is 11.6 Å². The van der Waals surface area contributed by atoms with Crippen molar-refractivity contribution in [2.45, 2.75) is 10.4 Å². The topological polar surface area (TPSA) is 108 Å². The van der Waals surface area contributed by atoms with Crippen LogP contribution in [0.4, 0.5) is 5.95 Å². The molecule has 0 amide bonds. The number of nitrogens with zero attached hydrogens (tertiary/aromatic N) is 6. The fraction of sp³-hybridized carbons (Fsp3) is 0.143. The number of ether oxygens (including phenoxy) is 1. The standard InChI is InChI=1S/C21H16ClN7O2S2/c1-31-19(30)16-15(11-32-21-26-24-18(33-21)12-6-3-2-4-7-12)23-20-25-27-28-29(20)17(16)13-8-5-9-14(22)10-13/h2-10,17H,11H2,1H3,(H,23,25,28). The highest BCUT2D eigenvalue weighted by Crippen LogP contribution is 2.38. The zero-order valence-corrected chi connectivity index (χ0v) is 19.6. The average molecular weight is 498 g/mol. The van der Waals surface area contributed by atoms with E-state index in [4.69, 9.17) is 16.3 Å². The Hall–Kier alpha value is -3.28. The molecule has 1 aliphatic heterocycles. The molecule has 0 bridgehead atoms. The van der Waals surface area contributed by atoms with Crippen molar-refractivity contribution in [1.29, 1.82) is 0 Å². The summed E-state index contributed by atoms with van der Waals surface area (Å²) in [5.74, 6) is 0.356. The molecule has 9 nitrogen and oxygen atoms in total. The lowest BCUT2D eigenvalue weighted by atomic mass is 9.96. The summed E-state index contributed by atoms with van der Waals surface area (Å²) in [7, 11) is 1.35. The molecule has 1 N–H and O–H groups in total. The molecule has 166 valence electrons. The molecule has 0 aliphatic carbocycles. The molecule has 5 rings (SSSR count). The maximum absolute atomic E-state index is 12.9. The van der Waals surface area contributed by atoms with Gasteiger partial charge in [0.2, 0.25) is 5.95 Å². The molecular formula is C21H16ClN7O2S2. The molecule has 0 saturated heterocycles. The van der Waals surface area contributed by atoms with E-state index in [1.54, 1.807) is 16.8 Å². The summed E-state index contributed by atoms with van der Waals surface area (Å²) in [6, 6.07) is 16.5. The Morgan fingerprint density at radius 3 is 2.82 bits per heavy atom. The number of hydrogen-bond acceptors (Lipinski definition) is 10. The number of methoxy groups -OCH3 is 1. The number of benzene rings is 2. The second kappa shape index (κ2) is 9.30. The number of hydrogen-bond donors (Lipinski definition) is 1. The van der Waals surface area contributed by atoms with Gasteiger partial charge >= 0.3 is 5.97 Å². The van der Waals surface area contributed by atoms with E-state index in [1.807, 2.05) is 42.5 Å². The summed E-state index contributed by atoms with van der Waals surface area (Å²) < 4.78 is 7.44. The summed E-state index contributed by atoms with van der Waals surface area (Å²) >= 11 is 9.18. The second-order valence-electron chi connectivity index (χ2n) is 6.94. The van der Waals surface area contributed by atoms with Crippen molar-refractivity contribution in [3.05, 3.63) is 76.5 Å². The van der Waals surface area contributed by atoms with E-state index >= 15 is 0 Å². The Bertz CT molecular complexity index is 1340. The van der Waals surface area contributed by atoms with Gasteiger partial charge in [-0.2, -0.15) is 4.68 Å². The predicted molar refractivity (Wildman–Crippen MR) is 126 cm³/mol. The molecule has 12 heteroatoms. The molecule has 2 aromatic carbocycles. The molecule has 1 unspecified atom stereocenters. The van der Waals surface area contributed by atoms with Gasteiger partial charge < -0.3 is 10.1 Å². The van der Waals surface area contributed by atoms with Crippen LogP contribution in [0.25, 0.3) is 10.6 Å². The number of carbonyl (C=O) groups is 1. The summed E-state index contributed by atoms with van der Waals surface area (Å²) in [5.41, 5.74) is 2.81. The number of fused-ring (bicyclic) bond motifs is 1. The van der Waals surface area contributed by atoms with Gasteiger partial charge in [-0.15, -0.1) is 10.2 Å². The molecule has 0 spiro atoms. The molecule has 3 heterocycles. The maximum Gasteiger partial charge on any atom is 0.338 e. The highest BCUT2D eigenvalue weighted by atomic mass is 35.5. The summed E-state index contributed by atoms with van der Waals surface area (Å²) in [5, 5.41) is 25.0. The van der Waals surface area contributed by atoms with Gasteiger partial charge in [0.25, 0.3) is 0 Å². The molecular weight excluding hydrogens is 482 g/mol. The second-order valence-corrected chi connectivity index (χ2v) is 9.58. The third-order valence-corrected chi connectivity index (χ3v) is 7.30. The lowest BCUT2D eigenvalue weighted by Gasteiger charge is -2.28. The largest absolute Gasteiger partial charge is 0.466 e. The first kappa shape index (κ1) is 21.6. The summed E-state index contributed by atoms with van der Waals surface area (Å²) in [4.78, 5) is 12.9. The number of esters is 1. The van der Waals surface area contributed by atoms with Crippen molar-refractivity contribution in [2.75, 3.05) is 18.2 Å². The van der Waals surface area contributed by atoms with Gasteiger partial charge in [-0.05, 0) is 28.1 Å². The Morgan fingerprint density at radius 2 is 2.03 bits per heavy atom. The van der Waals surface area contributed by atoms with Crippen molar-refractivity contribution >= 4 is 46.6 Å². The van der Waals surface area contributed by atoms with Crippen LogP contribution in [0.15, 0.2) is 70.2 Å². The molecule has 1 atom stereocenters. The normalized spacial score (nSPS) is 15.2. The van der Waals surface area contributed by atoms with Crippen molar-refractivity contribution in [2.24, 2.45) is 0 Å². The SMILES string of the molecule is COC(=O)C1=C(CSc2nnc(-c3ccccc3)s2)Nc2nnnn2C1c1cccc(Cl)c1.